The van der Waals surface area contributed by atoms with E-state index < -0.39 is 0 Å². The molecular formula is C15H22ClNO. The second kappa shape index (κ2) is 7.13. The first kappa shape index (κ1) is 13.9. The summed E-state index contributed by atoms with van der Waals surface area (Å²) in [5.41, 5.74) is 7.42. The van der Waals surface area contributed by atoms with Crippen molar-refractivity contribution in [1.29, 1.82) is 0 Å². The molecule has 1 aromatic rings. The van der Waals surface area contributed by atoms with Gasteiger partial charge in [0, 0.05) is 17.7 Å². The Morgan fingerprint density at radius 1 is 1.33 bits per heavy atom. The molecule has 1 heterocycles. The lowest BCUT2D eigenvalue weighted by Gasteiger charge is -2.13. The van der Waals surface area contributed by atoms with E-state index in [2.05, 4.69) is 12.1 Å². The Balaban J connectivity index is 1.65. The minimum Gasteiger partial charge on any atom is -0.378 e. The normalized spacial score (nSPS) is 21.1. The van der Waals surface area contributed by atoms with Crippen LogP contribution in [0.5, 0.6) is 0 Å². The first-order chi connectivity index (χ1) is 8.74. The highest BCUT2D eigenvalue weighted by Gasteiger charge is 2.15. The van der Waals surface area contributed by atoms with Gasteiger partial charge in [0.2, 0.25) is 0 Å². The Hall–Kier alpha value is -0.570. The number of halogens is 1. The quantitative estimate of drug-likeness (QED) is 0.855. The summed E-state index contributed by atoms with van der Waals surface area (Å²) in [6, 6.07) is 8.21. The molecular weight excluding hydrogens is 246 g/mol. The predicted molar refractivity (Wildman–Crippen MR) is 76.0 cm³/mol. The first-order valence-electron chi connectivity index (χ1n) is 6.85. The van der Waals surface area contributed by atoms with Gasteiger partial charge in [-0.3, -0.25) is 0 Å². The van der Waals surface area contributed by atoms with E-state index >= 15 is 0 Å². The zero-order chi connectivity index (χ0) is 12.8. The second-order valence-electron chi connectivity index (χ2n) is 5.16. The summed E-state index contributed by atoms with van der Waals surface area (Å²) in [5.74, 6) is 0. The van der Waals surface area contributed by atoms with Gasteiger partial charge in [-0.25, -0.2) is 0 Å². The van der Waals surface area contributed by atoms with Gasteiger partial charge in [-0.15, -0.1) is 0 Å². The summed E-state index contributed by atoms with van der Waals surface area (Å²) < 4.78 is 5.61. The molecule has 1 aliphatic heterocycles. The highest BCUT2D eigenvalue weighted by molar-refractivity contribution is 6.30. The number of ether oxygens (including phenoxy) is 1. The molecule has 100 valence electrons. The molecule has 2 N–H and O–H groups in total. The fourth-order valence-corrected chi connectivity index (χ4v) is 2.63. The van der Waals surface area contributed by atoms with Crippen LogP contribution < -0.4 is 5.73 Å². The Bertz CT molecular complexity index is 346. The van der Waals surface area contributed by atoms with E-state index in [0.717, 1.165) is 30.9 Å². The number of nitrogens with two attached hydrogens (primary N) is 1. The van der Waals surface area contributed by atoms with Gasteiger partial charge in [0.25, 0.3) is 0 Å². The van der Waals surface area contributed by atoms with Crippen LogP contribution in [-0.4, -0.2) is 18.8 Å². The van der Waals surface area contributed by atoms with Crippen LogP contribution in [0.3, 0.4) is 0 Å². The van der Waals surface area contributed by atoms with Crippen molar-refractivity contribution in [3.63, 3.8) is 0 Å². The second-order valence-corrected chi connectivity index (χ2v) is 5.59. The molecule has 0 bridgehead atoms. The highest BCUT2D eigenvalue weighted by Crippen LogP contribution is 2.18. The van der Waals surface area contributed by atoms with Crippen molar-refractivity contribution < 1.29 is 4.74 Å². The lowest BCUT2D eigenvalue weighted by atomic mass is 10.00. The Kier molecular flexibility index (Phi) is 5.48. The molecule has 2 atom stereocenters. The molecule has 2 unspecified atom stereocenters. The predicted octanol–water partition coefficient (Wildman–Crippen LogP) is 3.56. The third-order valence-electron chi connectivity index (χ3n) is 3.54. The molecule has 0 radical (unpaired) electrons. The molecule has 0 amide bonds. The maximum absolute atomic E-state index is 6.15. The first-order valence-corrected chi connectivity index (χ1v) is 7.23. The van der Waals surface area contributed by atoms with Crippen LogP contribution in [0.2, 0.25) is 5.02 Å². The number of hydrogen-bond acceptors (Lipinski definition) is 2. The summed E-state index contributed by atoms with van der Waals surface area (Å²) in [6.07, 6.45) is 7.28. The number of benzene rings is 1. The number of rotatable bonds is 6. The van der Waals surface area contributed by atoms with Gasteiger partial charge in [-0.2, -0.15) is 0 Å². The Morgan fingerprint density at radius 3 is 2.78 bits per heavy atom. The number of hydrogen-bond donors (Lipinski definition) is 1. The molecule has 3 heteroatoms. The van der Waals surface area contributed by atoms with E-state index in [1.165, 1.54) is 24.8 Å². The molecule has 0 saturated carbocycles. The van der Waals surface area contributed by atoms with Crippen LogP contribution in [0.4, 0.5) is 0 Å². The molecule has 1 fully saturated rings. The SMILES string of the molecule is NC(CCCC1CCCO1)Cc1ccc(Cl)cc1. The van der Waals surface area contributed by atoms with E-state index in [1.54, 1.807) is 0 Å². The fraction of sp³-hybridized carbons (Fsp3) is 0.600. The van der Waals surface area contributed by atoms with Gasteiger partial charge >= 0.3 is 0 Å². The molecule has 18 heavy (non-hydrogen) atoms. The minimum absolute atomic E-state index is 0.243. The van der Waals surface area contributed by atoms with Crippen LogP contribution in [-0.2, 0) is 11.2 Å². The average Bonchev–Trinajstić information content (AvgIpc) is 2.85. The van der Waals surface area contributed by atoms with Crippen molar-refractivity contribution in [1.82, 2.24) is 0 Å². The van der Waals surface area contributed by atoms with Crippen LogP contribution in [0.15, 0.2) is 24.3 Å². The Morgan fingerprint density at radius 2 is 2.11 bits per heavy atom. The van der Waals surface area contributed by atoms with Gasteiger partial charge in [0.1, 0.15) is 0 Å². The summed E-state index contributed by atoms with van der Waals surface area (Å²) in [5, 5.41) is 0.783. The molecule has 1 aromatic carbocycles. The lowest BCUT2D eigenvalue weighted by Crippen LogP contribution is -2.23. The standard InChI is InChI=1S/C15H22ClNO/c16-13-8-6-12(7-9-13)11-14(17)3-1-4-15-5-2-10-18-15/h6-9,14-15H,1-5,10-11,17H2. The summed E-state index contributed by atoms with van der Waals surface area (Å²) >= 11 is 5.86. The zero-order valence-corrected chi connectivity index (χ0v) is 11.5. The van der Waals surface area contributed by atoms with Gasteiger partial charge < -0.3 is 10.5 Å². The topological polar surface area (TPSA) is 35.2 Å². The third kappa shape index (κ3) is 4.60. The Labute approximate surface area is 114 Å². The van der Waals surface area contributed by atoms with Gasteiger partial charge in [-0.1, -0.05) is 23.7 Å². The molecule has 0 aliphatic carbocycles. The molecule has 0 spiro atoms. The van der Waals surface area contributed by atoms with Gasteiger partial charge in [0.05, 0.1) is 6.10 Å². The van der Waals surface area contributed by atoms with Gasteiger partial charge in [-0.05, 0) is 56.2 Å². The lowest BCUT2D eigenvalue weighted by molar-refractivity contribution is 0.101. The van der Waals surface area contributed by atoms with Crippen molar-refractivity contribution >= 4 is 11.6 Å². The maximum atomic E-state index is 6.15. The largest absolute Gasteiger partial charge is 0.378 e. The fourth-order valence-electron chi connectivity index (χ4n) is 2.51. The van der Waals surface area contributed by atoms with Crippen LogP contribution in [0.25, 0.3) is 0 Å². The van der Waals surface area contributed by atoms with Crippen molar-refractivity contribution in [2.45, 2.75) is 50.7 Å². The van der Waals surface area contributed by atoms with Crippen molar-refractivity contribution in [2.24, 2.45) is 5.73 Å². The van der Waals surface area contributed by atoms with Gasteiger partial charge in [0.15, 0.2) is 0 Å². The monoisotopic (exact) mass is 267 g/mol. The smallest absolute Gasteiger partial charge is 0.0576 e. The van der Waals surface area contributed by atoms with E-state index in [1.807, 2.05) is 12.1 Å². The minimum atomic E-state index is 0.243. The molecule has 1 saturated heterocycles. The average molecular weight is 268 g/mol. The van der Waals surface area contributed by atoms with E-state index in [0.29, 0.717) is 6.10 Å². The summed E-state index contributed by atoms with van der Waals surface area (Å²) in [4.78, 5) is 0. The highest BCUT2D eigenvalue weighted by atomic mass is 35.5. The molecule has 2 nitrogen and oxygen atoms in total. The van der Waals surface area contributed by atoms with E-state index in [9.17, 15) is 0 Å². The summed E-state index contributed by atoms with van der Waals surface area (Å²) in [7, 11) is 0. The molecule has 1 aliphatic rings. The maximum Gasteiger partial charge on any atom is 0.0576 e. The third-order valence-corrected chi connectivity index (χ3v) is 3.79. The summed E-state index contributed by atoms with van der Waals surface area (Å²) in [6.45, 7) is 0.946. The van der Waals surface area contributed by atoms with E-state index in [4.69, 9.17) is 22.1 Å². The van der Waals surface area contributed by atoms with Crippen molar-refractivity contribution in [2.75, 3.05) is 6.61 Å². The van der Waals surface area contributed by atoms with Crippen LogP contribution in [0, 0.1) is 0 Å². The van der Waals surface area contributed by atoms with Crippen LogP contribution in [0.1, 0.15) is 37.7 Å². The molecule has 2 rings (SSSR count). The van der Waals surface area contributed by atoms with Crippen molar-refractivity contribution in [3.05, 3.63) is 34.9 Å². The van der Waals surface area contributed by atoms with Crippen LogP contribution >= 0.6 is 11.6 Å². The zero-order valence-electron chi connectivity index (χ0n) is 10.8. The molecule has 0 aromatic heterocycles. The van der Waals surface area contributed by atoms with Crippen molar-refractivity contribution in [3.8, 4) is 0 Å². The van der Waals surface area contributed by atoms with E-state index in [-0.39, 0.29) is 6.04 Å².